The van der Waals surface area contributed by atoms with E-state index in [4.69, 9.17) is 0 Å². The lowest BCUT2D eigenvalue weighted by molar-refractivity contribution is 0.334. The van der Waals surface area contributed by atoms with Gasteiger partial charge in [-0.2, -0.15) is 0 Å². The Kier molecular flexibility index (Phi) is 6.31. The molecule has 1 aliphatic carbocycles. The quantitative estimate of drug-likeness (QED) is 0.678. The van der Waals surface area contributed by atoms with Crippen molar-refractivity contribution in [1.82, 2.24) is 5.32 Å². The molecule has 3 atom stereocenters. The molecule has 0 aromatic rings. The molecule has 1 heteroatoms. The maximum atomic E-state index is 3.59. The van der Waals surface area contributed by atoms with Crippen molar-refractivity contribution in [2.75, 3.05) is 6.54 Å². The van der Waals surface area contributed by atoms with Crippen molar-refractivity contribution in [3.8, 4) is 0 Å². The molecule has 0 aliphatic heterocycles. The summed E-state index contributed by atoms with van der Waals surface area (Å²) < 4.78 is 0. The maximum Gasteiger partial charge on any atom is 0.00668 e. The Hall–Kier alpha value is -0.0400. The van der Waals surface area contributed by atoms with Crippen LogP contribution in [0.4, 0.5) is 0 Å². The first-order valence-corrected chi connectivity index (χ1v) is 7.01. The van der Waals surface area contributed by atoms with Gasteiger partial charge in [-0.1, -0.05) is 46.0 Å². The molecule has 90 valence electrons. The minimum absolute atomic E-state index is 0.732. The molecule has 1 nitrogen and oxygen atoms in total. The predicted octanol–water partition coefficient (Wildman–Crippen LogP) is 3.98. The average Bonchev–Trinajstić information content (AvgIpc) is 2.44. The van der Waals surface area contributed by atoms with E-state index in [1.165, 1.54) is 44.9 Å². The van der Waals surface area contributed by atoms with Crippen molar-refractivity contribution in [3.05, 3.63) is 0 Å². The lowest BCUT2D eigenvalue weighted by atomic mass is 9.91. The molecule has 0 heterocycles. The predicted molar refractivity (Wildman–Crippen MR) is 68.1 cm³/mol. The topological polar surface area (TPSA) is 12.0 Å². The zero-order chi connectivity index (χ0) is 11.1. The van der Waals surface area contributed by atoms with Crippen molar-refractivity contribution < 1.29 is 0 Å². The first-order chi connectivity index (χ1) is 7.27. The van der Waals surface area contributed by atoms with Crippen molar-refractivity contribution in [3.63, 3.8) is 0 Å². The number of hydrogen-bond acceptors (Lipinski definition) is 1. The van der Waals surface area contributed by atoms with Crippen molar-refractivity contribution in [2.24, 2.45) is 11.8 Å². The fraction of sp³-hybridized carbons (Fsp3) is 1.00. The maximum absolute atomic E-state index is 3.59. The molecule has 0 aromatic carbocycles. The van der Waals surface area contributed by atoms with Gasteiger partial charge in [0.05, 0.1) is 0 Å². The minimum Gasteiger partial charge on any atom is -0.314 e. The van der Waals surface area contributed by atoms with Crippen LogP contribution in [0.15, 0.2) is 0 Å². The Bertz CT molecular complexity index is 155. The summed E-state index contributed by atoms with van der Waals surface area (Å²) in [6.07, 6.45) is 10.2. The zero-order valence-corrected chi connectivity index (χ0v) is 10.9. The van der Waals surface area contributed by atoms with Gasteiger partial charge in [-0.15, -0.1) is 0 Å². The second kappa shape index (κ2) is 7.27. The lowest BCUT2D eigenvalue weighted by Crippen LogP contribution is -2.33. The molecule has 1 N–H and O–H groups in total. The van der Waals surface area contributed by atoms with Crippen LogP contribution in [0.1, 0.15) is 65.7 Å². The molecule has 0 bridgehead atoms. The average molecular weight is 211 g/mol. The standard InChI is InChI=1S/C14H29N/c1-4-7-13-8-6-9-14(11-10-13)12(3)15-5-2/h12-15H,4-11H2,1-3H3. The summed E-state index contributed by atoms with van der Waals surface area (Å²) in [7, 11) is 0. The van der Waals surface area contributed by atoms with Gasteiger partial charge in [-0.25, -0.2) is 0 Å². The lowest BCUT2D eigenvalue weighted by Gasteiger charge is -2.23. The van der Waals surface area contributed by atoms with Crippen LogP contribution in [0, 0.1) is 11.8 Å². The van der Waals surface area contributed by atoms with Gasteiger partial charge in [0, 0.05) is 6.04 Å². The normalized spacial score (nSPS) is 29.8. The summed E-state index contributed by atoms with van der Waals surface area (Å²) in [6.45, 7) is 8.03. The van der Waals surface area contributed by atoms with E-state index in [0.29, 0.717) is 0 Å². The summed E-state index contributed by atoms with van der Waals surface area (Å²) in [5.41, 5.74) is 0. The third-order valence-corrected chi connectivity index (χ3v) is 4.06. The highest BCUT2D eigenvalue weighted by atomic mass is 14.9. The van der Waals surface area contributed by atoms with Gasteiger partial charge in [0.1, 0.15) is 0 Å². The first-order valence-electron chi connectivity index (χ1n) is 7.01. The fourth-order valence-corrected chi connectivity index (χ4v) is 3.09. The molecule has 15 heavy (non-hydrogen) atoms. The highest BCUT2D eigenvalue weighted by molar-refractivity contribution is 4.77. The summed E-state index contributed by atoms with van der Waals surface area (Å²) in [5, 5.41) is 3.59. The van der Waals surface area contributed by atoms with Crippen LogP contribution in [0.25, 0.3) is 0 Å². The van der Waals surface area contributed by atoms with Crippen LogP contribution in [-0.2, 0) is 0 Å². The van der Waals surface area contributed by atoms with Crippen LogP contribution in [0.3, 0.4) is 0 Å². The van der Waals surface area contributed by atoms with Gasteiger partial charge < -0.3 is 5.32 Å². The Morgan fingerprint density at radius 2 is 1.93 bits per heavy atom. The third-order valence-electron chi connectivity index (χ3n) is 4.06. The second-order valence-electron chi connectivity index (χ2n) is 5.27. The molecule has 0 aromatic heterocycles. The van der Waals surface area contributed by atoms with E-state index >= 15 is 0 Å². The van der Waals surface area contributed by atoms with E-state index in [1.54, 1.807) is 0 Å². The number of rotatable bonds is 5. The summed E-state index contributed by atoms with van der Waals surface area (Å²) >= 11 is 0. The van der Waals surface area contributed by atoms with Crippen molar-refractivity contribution in [2.45, 2.75) is 71.8 Å². The molecular formula is C14H29N. The van der Waals surface area contributed by atoms with E-state index in [2.05, 4.69) is 26.1 Å². The van der Waals surface area contributed by atoms with Crippen LogP contribution in [-0.4, -0.2) is 12.6 Å². The Balaban J connectivity index is 2.31. The molecular weight excluding hydrogens is 182 g/mol. The molecule has 0 saturated heterocycles. The molecule has 1 rings (SSSR count). The van der Waals surface area contributed by atoms with Gasteiger partial charge in [0.15, 0.2) is 0 Å². The minimum atomic E-state index is 0.732. The van der Waals surface area contributed by atoms with Crippen LogP contribution >= 0.6 is 0 Å². The molecule has 1 saturated carbocycles. The molecule has 0 amide bonds. The Morgan fingerprint density at radius 1 is 1.13 bits per heavy atom. The molecule has 1 fully saturated rings. The van der Waals surface area contributed by atoms with Gasteiger partial charge in [-0.05, 0) is 38.1 Å². The van der Waals surface area contributed by atoms with Gasteiger partial charge in [0.25, 0.3) is 0 Å². The smallest absolute Gasteiger partial charge is 0.00668 e. The first kappa shape index (κ1) is 13.0. The summed E-state index contributed by atoms with van der Waals surface area (Å²) in [5.74, 6) is 1.97. The Labute approximate surface area is 96.0 Å². The highest BCUT2D eigenvalue weighted by Crippen LogP contribution is 2.31. The van der Waals surface area contributed by atoms with Crippen LogP contribution < -0.4 is 5.32 Å². The fourth-order valence-electron chi connectivity index (χ4n) is 3.09. The van der Waals surface area contributed by atoms with E-state index in [0.717, 1.165) is 24.4 Å². The van der Waals surface area contributed by atoms with Crippen LogP contribution in [0.2, 0.25) is 0 Å². The van der Waals surface area contributed by atoms with Gasteiger partial charge >= 0.3 is 0 Å². The van der Waals surface area contributed by atoms with E-state index in [1.807, 2.05) is 0 Å². The summed E-state index contributed by atoms with van der Waals surface area (Å²) in [4.78, 5) is 0. The van der Waals surface area contributed by atoms with Gasteiger partial charge in [-0.3, -0.25) is 0 Å². The molecule has 1 aliphatic rings. The molecule has 0 radical (unpaired) electrons. The molecule has 3 unspecified atom stereocenters. The SMILES string of the molecule is CCCC1CCCC(C(C)NCC)CC1. The van der Waals surface area contributed by atoms with E-state index in [-0.39, 0.29) is 0 Å². The van der Waals surface area contributed by atoms with Crippen molar-refractivity contribution >= 4 is 0 Å². The van der Waals surface area contributed by atoms with E-state index in [9.17, 15) is 0 Å². The number of nitrogens with one attached hydrogen (secondary N) is 1. The molecule has 0 spiro atoms. The zero-order valence-electron chi connectivity index (χ0n) is 10.9. The monoisotopic (exact) mass is 211 g/mol. The second-order valence-corrected chi connectivity index (χ2v) is 5.27. The van der Waals surface area contributed by atoms with Crippen molar-refractivity contribution in [1.29, 1.82) is 0 Å². The largest absolute Gasteiger partial charge is 0.314 e. The number of hydrogen-bond donors (Lipinski definition) is 1. The van der Waals surface area contributed by atoms with Gasteiger partial charge in [0.2, 0.25) is 0 Å². The third kappa shape index (κ3) is 4.55. The Morgan fingerprint density at radius 3 is 2.60 bits per heavy atom. The summed E-state index contributed by atoms with van der Waals surface area (Å²) in [6, 6.07) is 0.732. The van der Waals surface area contributed by atoms with Crippen LogP contribution in [0.5, 0.6) is 0 Å². The highest BCUT2D eigenvalue weighted by Gasteiger charge is 2.21. The van der Waals surface area contributed by atoms with E-state index < -0.39 is 0 Å².